The van der Waals surface area contributed by atoms with E-state index in [2.05, 4.69) is 0 Å². The lowest BCUT2D eigenvalue weighted by atomic mass is 9.79. The summed E-state index contributed by atoms with van der Waals surface area (Å²) in [6.07, 6.45) is -1.45. The van der Waals surface area contributed by atoms with Gasteiger partial charge in [0.25, 0.3) is 0 Å². The molecule has 0 spiro atoms. The molecule has 0 saturated carbocycles. The van der Waals surface area contributed by atoms with Gasteiger partial charge in [-0.05, 0) is 33.2 Å². The Hall–Kier alpha value is -0.875. The highest BCUT2D eigenvalue weighted by Crippen LogP contribution is 2.36. The van der Waals surface area contributed by atoms with Crippen LogP contribution in [0.2, 0.25) is 0 Å². The lowest BCUT2D eigenvalue weighted by Crippen LogP contribution is -2.41. The van der Waals surface area contributed by atoms with Gasteiger partial charge in [-0.25, -0.2) is 0 Å². The molecule has 0 aromatic heterocycles. The van der Waals surface area contributed by atoms with Gasteiger partial charge in [0.05, 0.1) is 11.2 Å². The van der Waals surface area contributed by atoms with E-state index in [4.69, 9.17) is 19.5 Å². The quantitative estimate of drug-likeness (QED) is 0.606. The summed E-state index contributed by atoms with van der Waals surface area (Å²) in [4.78, 5) is 0. The van der Waals surface area contributed by atoms with Crippen molar-refractivity contribution in [1.82, 2.24) is 0 Å². The van der Waals surface area contributed by atoms with Gasteiger partial charge in [0.15, 0.2) is 6.29 Å². The van der Waals surface area contributed by atoms with Gasteiger partial charge in [-0.2, -0.15) is 0 Å². The Labute approximate surface area is 108 Å². The second-order valence-electron chi connectivity index (χ2n) is 5.63. The third-order valence-electron chi connectivity index (χ3n) is 3.76. The zero-order valence-electron chi connectivity index (χ0n) is 11.2. The van der Waals surface area contributed by atoms with Crippen LogP contribution >= 0.6 is 0 Å². The van der Waals surface area contributed by atoms with Crippen molar-refractivity contribution in [2.24, 2.45) is 0 Å². The molecule has 1 heterocycles. The maximum Gasteiger partial charge on any atom is 0.494 e. The van der Waals surface area contributed by atoms with Gasteiger partial charge < -0.3 is 19.5 Å². The minimum Gasteiger partial charge on any atom is -0.399 e. The number of benzene rings is 1. The molecule has 1 saturated heterocycles. The fourth-order valence-corrected chi connectivity index (χ4v) is 1.80. The van der Waals surface area contributed by atoms with E-state index in [1.165, 1.54) is 0 Å². The first kappa shape index (κ1) is 13.6. The van der Waals surface area contributed by atoms with E-state index in [0.717, 1.165) is 5.46 Å². The second kappa shape index (κ2) is 4.35. The Morgan fingerprint density at radius 3 is 1.78 bits per heavy atom. The summed E-state index contributed by atoms with van der Waals surface area (Å²) in [5.41, 5.74) is 0.591. The summed E-state index contributed by atoms with van der Waals surface area (Å²) >= 11 is 0. The summed E-state index contributed by atoms with van der Waals surface area (Å²) in [5, 5.41) is 18.1. The zero-order chi connectivity index (χ0) is 13.6. The summed E-state index contributed by atoms with van der Waals surface area (Å²) in [7, 11) is -0.417. The summed E-state index contributed by atoms with van der Waals surface area (Å²) < 4.78 is 11.8. The van der Waals surface area contributed by atoms with Gasteiger partial charge in [-0.15, -0.1) is 0 Å². The van der Waals surface area contributed by atoms with Crippen LogP contribution in [0.3, 0.4) is 0 Å². The van der Waals surface area contributed by atoms with Crippen LogP contribution in [0.5, 0.6) is 0 Å². The van der Waals surface area contributed by atoms with Crippen LogP contribution in [0.25, 0.3) is 0 Å². The highest BCUT2D eigenvalue weighted by atomic mass is 16.7. The van der Waals surface area contributed by atoms with Crippen molar-refractivity contribution >= 4 is 12.6 Å². The molecule has 0 unspecified atom stereocenters. The van der Waals surface area contributed by atoms with Gasteiger partial charge in [0.2, 0.25) is 0 Å². The summed E-state index contributed by atoms with van der Waals surface area (Å²) in [6.45, 7) is 8.00. The molecule has 1 aromatic rings. The molecule has 0 atom stereocenters. The first-order valence-electron chi connectivity index (χ1n) is 6.04. The first-order valence-corrected chi connectivity index (χ1v) is 6.04. The van der Waals surface area contributed by atoms with E-state index in [-0.39, 0.29) is 11.2 Å². The van der Waals surface area contributed by atoms with Gasteiger partial charge in [-0.1, -0.05) is 24.3 Å². The van der Waals surface area contributed by atoms with Gasteiger partial charge in [0, 0.05) is 5.56 Å². The molecule has 1 aliphatic heterocycles. The van der Waals surface area contributed by atoms with Crippen LogP contribution in [0.1, 0.15) is 39.5 Å². The Kier molecular flexibility index (Phi) is 3.27. The molecule has 1 fully saturated rings. The molecule has 1 aliphatic rings. The van der Waals surface area contributed by atoms with Crippen LogP contribution in [0, 0.1) is 0 Å². The average molecular weight is 250 g/mol. The fraction of sp³-hybridized carbons (Fsp3) is 0.538. The largest absolute Gasteiger partial charge is 0.494 e. The van der Waals surface area contributed by atoms with Crippen LogP contribution in [0.15, 0.2) is 24.3 Å². The number of aliphatic hydroxyl groups is 2. The molecule has 0 bridgehead atoms. The highest BCUT2D eigenvalue weighted by molar-refractivity contribution is 6.62. The van der Waals surface area contributed by atoms with Crippen molar-refractivity contribution in [2.45, 2.75) is 45.2 Å². The molecule has 4 nitrogen and oxygen atoms in total. The second-order valence-corrected chi connectivity index (χ2v) is 5.63. The number of aliphatic hydroxyl groups excluding tert-OH is 1. The first-order chi connectivity index (χ1) is 8.23. The van der Waals surface area contributed by atoms with Crippen LogP contribution < -0.4 is 5.46 Å². The van der Waals surface area contributed by atoms with Crippen LogP contribution in [-0.4, -0.2) is 28.5 Å². The van der Waals surface area contributed by atoms with Crippen molar-refractivity contribution in [3.8, 4) is 0 Å². The number of hydrogen-bond acceptors (Lipinski definition) is 4. The van der Waals surface area contributed by atoms with Crippen molar-refractivity contribution in [2.75, 3.05) is 0 Å². The fourth-order valence-electron chi connectivity index (χ4n) is 1.80. The molecule has 2 N–H and O–H groups in total. The zero-order valence-corrected chi connectivity index (χ0v) is 11.2. The maximum absolute atomic E-state index is 9.04. The minimum absolute atomic E-state index is 0.368. The lowest BCUT2D eigenvalue weighted by molar-refractivity contribution is -0.0424. The molecule has 0 aliphatic carbocycles. The van der Waals surface area contributed by atoms with E-state index in [1.807, 2.05) is 27.7 Å². The molecule has 5 heteroatoms. The smallest absolute Gasteiger partial charge is 0.399 e. The molecule has 0 amide bonds. The lowest BCUT2D eigenvalue weighted by Gasteiger charge is -2.32. The highest BCUT2D eigenvalue weighted by Gasteiger charge is 2.51. The number of hydrogen-bond donors (Lipinski definition) is 2. The SMILES string of the molecule is CC1(C)OB(c2ccc(C(O)O)cc2)OC1(C)C. The Morgan fingerprint density at radius 2 is 1.39 bits per heavy atom. The number of rotatable bonds is 2. The summed E-state index contributed by atoms with van der Waals surface area (Å²) in [6, 6.07) is 6.89. The Bertz CT molecular complexity index is 409. The van der Waals surface area contributed by atoms with E-state index < -0.39 is 13.4 Å². The normalized spacial score (nSPS) is 21.6. The van der Waals surface area contributed by atoms with Gasteiger partial charge >= 0.3 is 7.12 Å². The molecule has 0 radical (unpaired) electrons. The van der Waals surface area contributed by atoms with E-state index >= 15 is 0 Å². The predicted molar refractivity (Wildman–Crippen MR) is 69.3 cm³/mol. The Balaban J connectivity index is 2.19. The summed E-state index contributed by atoms with van der Waals surface area (Å²) in [5.74, 6) is 0. The molecule has 2 rings (SSSR count). The van der Waals surface area contributed by atoms with Crippen molar-refractivity contribution in [3.63, 3.8) is 0 Å². The Morgan fingerprint density at radius 1 is 0.944 bits per heavy atom. The van der Waals surface area contributed by atoms with Crippen molar-refractivity contribution in [3.05, 3.63) is 29.8 Å². The molecule has 1 aromatic carbocycles. The average Bonchev–Trinajstić information content (AvgIpc) is 2.48. The third kappa shape index (κ3) is 2.31. The monoisotopic (exact) mass is 250 g/mol. The van der Waals surface area contributed by atoms with Crippen molar-refractivity contribution < 1.29 is 19.5 Å². The van der Waals surface area contributed by atoms with Gasteiger partial charge in [0.1, 0.15) is 0 Å². The molecular formula is C13H19BO4. The third-order valence-corrected chi connectivity index (χ3v) is 3.76. The maximum atomic E-state index is 9.04. The molecule has 18 heavy (non-hydrogen) atoms. The van der Waals surface area contributed by atoms with Crippen molar-refractivity contribution in [1.29, 1.82) is 0 Å². The van der Waals surface area contributed by atoms with Crippen LogP contribution in [-0.2, 0) is 9.31 Å². The van der Waals surface area contributed by atoms with Crippen LogP contribution in [0.4, 0.5) is 0 Å². The molecular weight excluding hydrogens is 231 g/mol. The predicted octanol–water partition coefficient (Wildman–Crippen LogP) is 0.969. The van der Waals surface area contributed by atoms with E-state index in [1.54, 1.807) is 24.3 Å². The van der Waals surface area contributed by atoms with E-state index in [0.29, 0.717) is 5.56 Å². The molecule has 98 valence electrons. The minimum atomic E-state index is -1.45. The van der Waals surface area contributed by atoms with Gasteiger partial charge in [-0.3, -0.25) is 0 Å². The topological polar surface area (TPSA) is 58.9 Å². The van der Waals surface area contributed by atoms with E-state index in [9.17, 15) is 0 Å². The standard InChI is InChI=1S/C13H19BO4/c1-12(2)13(3,4)18-14(17-12)10-7-5-9(6-8-10)11(15)16/h5-8,11,15-16H,1-4H3.